The van der Waals surface area contributed by atoms with Crippen molar-refractivity contribution in [3.05, 3.63) is 71.7 Å². The first kappa shape index (κ1) is 14.5. The molecule has 0 radical (unpaired) electrons. The highest BCUT2D eigenvalue weighted by atomic mass is 19.1. The third-order valence-corrected chi connectivity index (χ3v) is 3.82. The Morgan fingerprint density at radius 3 is 2.18 bits per heavy atom. The van der Waals surface area contributed by atoms with Gasteiger partial charge >= 0.3 is 0 Å². The number of aromatic nitrogens is 2. The molecule has 3 aromatic rings. The first-order valence-electron chi connectivity index (χ1n) is 7.49. The number of hydrogen-bond acceptors (Lipinski definition) is 1. The topological polar surface area (TPSA) is 17.8 Å². The van der Waals surface area contributed by atoms with Gasteiger partial charge in [-0.3, -0.25) is 0 Å². The van der Waals surface area contributed by atoms with Crippen molar-refractivity contribution in [2.24, 2.45) is 0 Å². The van der Waals surface area contributed by atoms with Crippen molar-refractivity contribution in [2.75, 3.05) is 0 Å². The Morgan fingerprint density at radius 1 is 0.955 bits per heavy atom. The molecule has 1 heterocycles. The second-order valence-corrected chi connectivity index (χ2v) is 5.77. The summed E-state index contributed by atoms with van der Waals surface area (Å²) in [5.74, 6) is 0.112. The average Bonchev–Trinajstić information content (AvgIpc) is 2.87. The molecule has 1 aromatic heterocycles. The van der Waals surface area contributed by atoms with Crippen LogP contribution in [0.25, 0.3) is 16.9 Å². The molecule has 0 fully saturated rings. The standard InChI is InChI=1S/C19H19FN2/c1-13(2)18-14(3)19(15-9-11-16(20)12-10-15)22(21-18)17-7-5-4-6-8-17/h4-13H,1-3H3. The molecule has 0 saturated carbocycles. The summed E-state index contributed by atoms with van der Waals surface area (Å²) in [6.07, 6.45) is 0. The third-order valence-electron chi connectivity index (χ3n) is 3.82. The van der Waals surface area contributed by atoms with Crippen molar-refractivity contribution in [2.45, 2.75) is 26.7 Å². The SMILES string of the molecule is Cc1c(C(C)C)nn(-c2ccccc2)c1-c1ccc(F)cc1. The van der Waals surface area contributed by atoms with E-state index in [-0.39, 0.29) is 5.82 Å². The van der Waals surface area contributed by atoms with Crippen LogP contribution in [0.1, 0.15) is 31.0 Å². The molecule has 0 N–H and O–H groups in total. The first-order chi connectivity index (χ1) is 10.6. The summed E-state index contributed by atoms with van der Waals surface area (Å²) >= 11 is 0. The molecular formula is C19H19FN2. The molecule has 0 aliphatic heterocycles. The van der Waals surface area contributed by atoms with Crippen molar-refractivity contribution in [1.29, 1.82) is 0 Å². The van der Waals surface area contributed by atoms with E-state index in [1.807, 2.05) is 47.1 Å². The number of rotatable bonds is 3. The van der Waals surface area contributed by atoms with Crippen LogP contribution in [-0.4, -0.2) is 9.78 Å². The maximum absolute atomic E-state index is 13.2. The Morgan fingerprint density at radius 2 is 1.59 bits per heavy atom. The molecule has 0 atom stereocenters. The number of nitrogens with zero attached hydrogens (tertiary/aromatic N) is 2. The van der Waals surface area contributed by atoms with E-state index in [1.165, 1.54) is 12.1 Å². The van der Waals surface area contributed by atoms with E-state index in [2.05, 4.69) is 20.8 Å². The molecule has 0 bridgehead atoms. The molecule has 0 aliphatic carbocycles. The first-order valence-corrected chi connectivity index (χ1v) is 7.49. The van der Waals surface area contributed by atoms with Gasteiger partial charge in [-0.1, -0.05) is 32.0 Å². The maximum atomic E-state index is 13.2. The molecule has 0 saturated heterocycles. The quantitative estimate of drug-likeness (QED) is 0.656. The number of halogens is 1. The average molecular weight is 294 g/mol. The molecule has 2 nitrogen and oxygen atoms in total. The van der Waals surface area contributed by atoms with Crippen molar-refractivity contribution >= 4 is 0 Å². The van der Waals surface area contributed by atoms with Gasteiger partial charge < -0.3 is 0 Å². The second-order valence-electron chi connectivity index (χ2n) is 5.77. The third kappa shape index (κ3) is 2.54. The monoisotopic (exact) mass is 294 g/mol. The maximum Gasteiger partial charge on any atom is 0.123 e. The second kappa shape index (κ2) is 5.76. The van der Waals surface area contributed by atoms with Gasteiger partial charge in [-0.25, -0.2) is 9.07 Å². The van der Waals surface area contributed by atoms with Gasteiger partial charge in [0, 0.05) is 5.56 Å². The van der Waals surface area contributed by atoms with E-state index in [0.29, 0.717) is 5.92 Å². The zero-order chi connectivity index (χ0) is 15.7. The highest BCUT2D eigenvalue weighted by Gasteiger charge is 2.19. The largest absolute Gasteiger partial charge is 0.233 e. The Balaban J connectivity index is 2.25. The van der Waals surface area contributed by atoms with Gasteiger partial charge in [-0.05, 0) is 54.8 Å². The van der Waals surface area contributed by atoms with Crippen LogP contribution in [0.5, 0.6) is 0 Å². The Labute approximate surface area is 130 Å². The van der Waals surface area contributed by atoms with Gasteiger partial charge in [0.25, 0.3) is 0 Å². The van der Waals surface area contributed by atoms with E-state index in [9.17, 15) is 4.39 Å². The molecule has 0 spiro atoms. The predicted octanol–water partition coefficient (Wildman–Crippen LogP) is 5.11. The lowest BCUT2D eigenvalue weighted by molar-refractivity contribution is 0.628. The fraction of sp³-hybridized carbons (Fsp3) is 0.211. The van der Waals surface area contributed by atoms with Crippen molar-refractivity contribution in [1.82, 2.24) is 9.78 Å². The number of hydrogen-bond donors (Lipinski definition) is 0. The molecule has 0 unspecified atom stereocenters. The molecule has 3 rings (SSSR count). The van der Waals surface area contributed by atoms with E-state index in [4.69, 9.17) is 5.10 Å². The minimum Gasteiger partial charge on any atom is -0.233 e. The molecule has 0 amide bonds. The highest BCUT2D eigenvalue weighted by molar-refractivity contribution is 5.67. The highest BCUT2D eigenvalue weighted by Crippen LogP contribution is 2.31. The van der Waals surface area contributed by atoms with Crippen LogP contribution in [0, 0.1) is 12.7 Å². The minimum atomic E-state index is -0.226. The molecule has 0 aliphatic rings. The summed E-state index contributed by atoms with van der Waals surface area (Å²) in [5, 5.41) is 4.80. The van der Waals surface area contributed by atoms with E-state index >= 15 is 0 Å². The van der Waals surface area contributed by atoms with Crippen LogP contribution in [-0.2, 0) is 0 Å². The summed E-state index contributed by atoms with van der Waals surface area (Å²) in [6.45, 7) is 6.36. The Bertz CT molecular complexity index is 771. The summed E-state index contributed by atoms with van der Waals surface area (Å²) in [7, 11) is 0. The van der Waals surface area contributed by atoms with Crippen LogP contribution in [0.3, 0.4) is 0 Å². The van der Waals surface area contributed by atoms with Gasteiger partial charge in [-0.15, -0.1) is 0 Å². The summed E-state index contributed by atoms with van der Waals surface area (Å²) in [6, 6.07) is 16.6. The summed E-state index contributed by atoms with van der Waals surface area (Å²) < 4.78 is 15.2. The number of para-hydroxylation sites is 1. The molecule has 3 heteroatoms. The Hall–Kier alpha value is -2.42. The lowest BCUT2D eigenvalue weighted by Crippen LogP contribution is -2.00. The Kier molecular flexibility index (Phi) is 3.80. The van der Waals surface area contributed by atoms with Gasteiger partial charge in [0.2, 0.25) is 0 Å². The summed E-state index contributed by atoms with van der Waals surface area (Å²) in [4.78, 5) is 0. The fourth-order valence-corrected chi connectivity index (χ4v) is 2.76. The molecule has 2 aromatic carbocycles. The van der Waals surface area contributed by atoms with Gasteiger partial charge in [0.05, 0.1) is 17.1 Å². The van der Waals surface area contributed by atoms with E-state index < -0.39 is 0 Å². The van der Waals surface area contributed by atoms with Crippen LogP contribution in [0.2, 0.25) is 0 Å². The van der Waals surface area contributed by atoms with Crippen molar-refractivity contribution in [3.8, 4) is 16.9 Å². The zero-order valence-corrected chi connectivity index (χ0v) is 13.0. The van der Waals surface area contributed by atoms with Crippen LogP contribution in [0.15, 0.2) is 54.6 Å². The smallest absolute Gasteiger partial charge is 0.123 e. The summed E-state index contributed by atoms with van der Waals surface area (Å²) in [5.41, 5.74) is 5.22. The fourth-order valence-electron chi connectivity index (χ4n) is 2.76. The van der Waals surface area contributed by atoms with Gasteiger partial charge in [0.15, 0.2) is 0 Å². The van der Waals surface area contributed by atoms with E-state index in [0.717, 1.165) is 28.2 Å². The number of benzene rings is 2. The molecule has 22 heavy (non-hydrogen) atoms. The van der Waals surface area contributed by atoms with Crippen LogP contribution < -0.4 is 0 Å². The normalized spacial score (nSPS) is 11.1. The minimum absolute atomic E-state index is 0.226. The lowest BCUT2D eigenvalue weighted by Gasteiger charge is -2.08. The van der Waals surface area contributed by atoms with E-state index in [1.54, 1.807) is 0 Å². The zero-order valence-electron chi connectivity index (χ0n) is 13.0. The van der Waals surface area contributed by atoms with Crippen LogP contribution in [0.4, 0.5) is 4.39 Å². The molecule has 112 valence electrons. The van der Waals surface area contributed by atoms with Crippen LogP contribution >= 0.6 is 0 Å². The lowest BCUT2D eigenvalue weighted by atomic mass is 10.0. The van der Waals surface area contributed by atoms with Gasteiger partial charge in [0.1, 0.15) is 5.82 Å². The molecular weight excluding hydrogens is 275 g/mol. The van der Waals surface area contributed by atoms with Crippen molar-refractivity contribution < 1.29 is 4.39 Å². The van der Waals surface area contributed by atoms with Crippen molar-refractivity contribution in [3.63, 3.8) is 0 Å². The van der Waals surface area contributed by atoms with Gasteiger partial charge in [-0.2, -0.15) is 5.10 Å². The predicted molar refractivity (Wildman–Crippen MR) is 87.8 cm³/mol.